The molecule has 0 bridgehead atoms. The second-order valence-electron chi connectivity index (χ2n) is 3.14. The fraction of sp³-hybridized carbons (Fsp3) is 0.100. The molecule has 5 nitrogen and oxygen atoms in total. The van der Waals surface area contributed by atoms with Crippen LogP contribution in [0.1, 0.15) is 5.56 Å². The van der Waals surface area contributed by atoms with Crippen LogP contribution in [0.5, 0.6) is 0 Å². The Balaban J connectivity index is 2.93. The molecule has 1 heterocycles. The van der Waals surface area contributed by atoms with Gasteiger partial charge in [0.25, 0.3) is 0 Å². The Kier molecular flexibility index (Phi) is 2.15. The monoisotopic (exact) mass is 201 g/mol. The second-order valence-corrected chi connectivity index (χ2v) is 3.14. The zero-order chi connectivity index (χ0) is 10.8. The predicted octanol–water partition coefficient (Wildman–Crippen LogP) is 3.04. The van der Waals surface area contributed by atoms with Gasteiger partial charge in [0, 0.05) is 16.4 Å². The van der Waals surface area contributed by atoms with E-state index in [1.165, 1.54) is 6.07 Å². The van der Waals surface area contributed by atoms with Crippen LogP contribution in [-0.4, -0.2) is 0 Å². The minimum atomic E-state index is -0.520. The fourth-order valence-electron chi connectivity index (χ4n) is 1.39. The maximum absolute atomic E-state index is 11.1. The van der Waals surface area contributed by atoms with Crippen LogP contribution in [0.25, 0.3) is 21.4 Å². The maximum atomic E-state index is 11.1. The van der Waals surface area contributed by atoms with Gasteiger partial charge in [-0.1, -0.05) is 16.7 Å². The van der Waals surface area contributed by atoms with Gasteiger partial charge in [-0.25, -0.2) is 4.79 Å². The Labute approximate surface area is 84.6 Å². The average Bonchev–Trinajstić information content (AvgIpc) is 2.19. The molecule has 0 amide bonds. The molecule has 15 heavy (non-hydrogen) atoms. The molecule has 74 valence electrons. The molecule has 1 aromatic carbocycles. The van der Waals surface area contributed by atoms with E-state index in [4.69, 9.17) is 9.95 Å². The summed E-state index contributed by atoms with van der Waals surface area (Å²) < 4.78 is 4.96. The van der Waals surface area contributed by atoms with E-state index >= 15 is 0 Å². The first-order valence-electron chi connectivity index (χ1n) is 4.30. The van der Waals surface area contributed by atoms with E-state index in [9.17, 15) is 4.79 Å². The van der Waals surface area contributed by atoms with Gasteiger partial charge in [-0.3, -0.25) is 0 Å². The minimum absolute atomic E-state index is 0.299. The van der Waals surface area contributed by atoms with E-state index in [0.717, 1.165) is 5.56 Å². The van der Waals surface area contributed by atoms with Crippen molar-refractivity contribution < 1.29 is 4.42 Å². The molecule has 0 spiro atoms. The van der Waals surface area contributed by atoms with Crippen molar-refractivity contribution in [2.45, 2.75) is 6.92 Å². The molecule has 0 N–H and O–H groups in total. The second kappa shape index (κ2) is 3.48. The number of fused-ring (bicyclic) bond motifs is 1. The van der Waals surface area contributed by atoms with Gasteiger partial charge in [0.2, 0.25) is 0 Å². The van der Waals surface area contributed by atoms with Crippen molar-refractivity contribution in [2.24, 2.45) is 5.11 Å². The van der Waals surface area contributed by atoms with Crippen molar-refractivity contribution in [2.75, 3.05) is 0 Å². The van der Waals surface area contributed by atoms with Gasteiger partial charge in [-0.15, -0.1) is 0 Å². The van der Waals surface area contributed by atoms with Gasteiger partial charge in [0.15, 0.2) is 0 Å². The van der Waals surface area contributed by atoms with E-state index in [2.05, 4.69) is 10.0 Å². The summed E-state index contributed by atoms with van der Waals surface area (Å²) in [6.45, 7) is 1.91. The zero-order valence-electron chi connectivity index (χ0n) is 7.97. The van der Waals surface area contributed by atoms with Gasteiger partial charge in [0.1, 0.15) is 5.58 Å². The maximum Gasteiger partial charge on any atom is 0.336 e. The van der Waals surface area contributed by atoms with Crippen LogP contribution in [-0.2, 0) is 0 Å². The number of benzene rings is 1. The molecular weight excluding hydrogens is 194 g/mol. The third kappa shape index (κ3) is 1.68. The van der Waals surface area contributed by atoms with Crippen LogP contribution in [0.3, 0.4) is 0 Å². The van der Waals surface area contributed by atoms with E-state index in [1.807, 2.05) is 19.1 Å². The number of aryl methyl sites for hydroxylation is 1. The molecule has 0 atom stereocenters. The molecule has 0 radical (unpaired) electrons. The van der Waals surface area contributed by atoms with Crippen LogP contribution in [0.2, 0.25) is 0 Å². The quantitative estimate of drug-likeness (QED) is 0.307. The van der Waals surface area contributed by atoms with E-state index in [0.29, 0.717) is 16.7 Å². The lowest BCUT2D eigenvalue weighted by atomic mass is 10.1. The third-order valence-corrected chi connectivity index (χ3v) is 2.03. The summed E-state index contributed by atoms with van der Waals surface area (Å²) in [6.07, 6.45) is 0. The Morgan fingerprint density at radius 3 is 2.93 bits per heavy atom. The van der Waals surface area contributed by atoms with E-state index in [-0.39, 0.29) is 0 Å². The molecule has 0 aliphatic rings. The van der Waals surface area contributed by atoms with Gasteiger partial charge >= 0.3 is 5.63 Å². The SMILES string of the molecule is Cc1ccc2oc(=O)cc(N=[N+]=[N-])c2c1. The standard InChI is InChI=1S/C10H7N3O2/c1-6-2-3-9-7(4-6)8(12-13-11)5-10(14)15-9/h2-5H,1H3. The molecule has 5 heteroatoms. The summed E-state index contributed by atoms with van der Waals surface area (Å²) in [5, 5.41) is 4.10. The molecule has 0 unspecified atom stereocenters. The van der Waals surface area contributed by atoms with Crippen molar-refractivity contribution in [3.8, 4) is 0 Å². The normalized spacial score (nSPS) is 9.93. The summed E-state index contributed by atoms with van der Waals surface area (Å²) in [6, 6.07) is 6.50. The number of azide groups is 1. The number of hydrogen-bond donors (Lipinski definition) is 0. The smallest absolute Gasteiger partial charge is 0.336 e. The molecule has 0 saturated carbocycles. The van der Waals surface area contributed by atoms with Crippen LogP contribution < -0.4 is 5.63 Å². The fourth-order valence-corrected chi connectivity index (χ4v) is 1.39. The van der Waals surface area contributed by atoms with Crippen molar-refractivity contribution in [1.29, 1.82) is 0 Å². The zero-order valence-corrected chi connectivity index (χ0v) is 7.97. The first-order valence-corrected chi connectivity index (χ1v) is 4.30. The molecule has 0 saturated heterocycles. The molecule has 0 fully saturated rings. The van der Waals surface area contributed by atoms with Crippen LogP contribution >= 0.6 is 0 Å². The van der Waals surface area contributed by atoms with Crippen molar-refractivity contribution in [3.05, 3.63) is 50.7 Å². The summed E-state index contributed by atoms with van der Waals surface area (Å²) >= 11 is 0. The molecule has 0 aliphatic carbocycles. The highest BCUT2D eigenvalue weighted by molar-refractivity contribution is 5.88. The van der Waals surface area contributed by atoms with Gasteiger partial charge < -0.3 is 4.42 Å². The lowest BCUT2D eigenvalue weighted by Crippen LogP contribution is -1.95. The molecule has 0 aliphatic heterocycles. The summed E-state index contributed by atoms with van der Waals surface area (Å²) in [4.78, 5) is 13.8. The van der Waals surface area contributed by atoms with Crippen molar-refractivity contribution in [3.63, 3.8) is 0 Å². The number of rotatable bonds is 1. The number of hydrogen-bond acceptors (Lipinski definition) is 3. The minimum Gasteiger partial charge on any atom is -0.423 e. The lowest BCUT2D eigenvalue weighted by molar-refractivity contribution is 0.561. The average molecular weight is 201 g/mol. The molecule has 2 rings (SSSR count). The van der Waals surface area contributed by atoms with Crippen LogP contribution in [0, 0.1) is 6.92 Å². The molecular formula is C10H7N3O2. The largest absolute Gasteiger partial charge is 0.423 e. The molecule has 2 aromatic rings. The Bertz CT molecular complexity index is 624. The lowest BCUT2D eigenvalue weighted by Gasteiger charge is -2.00. The summed E-state index contributed by atoms with van der Waals surface area (Å²) in [7, 11) is 0. The third-order valence-electron chi connectivity index (χ3n) is 2.03. The first-order chi connectivity index (χ1) is 7.20. The topological polar surface area (TPSA) is 79.0 Å². The van der Waals surface area contributed by atoms with Crippen molar-refractivity contribution in [1.82, 2.24) is 0 Å². The Morgan fingerprint density at radius 2 is 2.20 bits per heavy atom. The Hall–Kier alpha value is -2.26. The number of nitrogens with zero attached hydrogens (tertiary/aromatic N) is 3. The summed E-state index contributed by atoms with van der Waals surface area (Å²) in [5.74, 6) is 0. The van der Waals surface area contributed by atoms with Crippen LogP contribution in [0.4, 0.5) is 5.69 Å². The highest BCUT2D eigenvalue weighted by Crippen LogP contribution is 2.24. The Morgan fingerprint density at radius 1 is 1.40 bits per heavy atom. The summed E-state index contributed by atoms with van der Waals surface area (Å²) in [5.41, 5.74) is 9.58. The first kappa shape index (κ1) is 9.30. The molecule has 1 aromatic heterocycles. The van der Waals surface area contributed by atoms with Gasteiger partial charge in [-0.2, -0.15) is 0 Å². The highest BCUT2D eigenvalue weighted by atomic mass is 16.4. The van der Waals surface area contributed by atoms with Gasteiger partial charge in [-0.05, 0) is 24.6 Å². The van der Waals surface area contributed by atoms with Crippen molar-refractivity contribution >= 4 is 16.7 Å². The van der Waals surface area contributed by atoms with Gasteiger partial charge in [0.05, 0.1) is 5.69 Å². The van der Waals surface area contributed by atoms with Crippen LogP contribution in [0.15, 0.2) is 38.6 Å². The van der Waals surface area contributed by atoms with E-state index in [1.54, 1.807) is 6.07 Å². The highest BCUT2D eigenvalue weighted by Gasteiger charge is 2.03. The predicted molar refractivity (Wildman–Crippen MR) is 56.0 cm³/mol. The van der Waals surface area contributed by atoms with E-state index < -0.39 is 5.63 Å².